The predicted molar refractivity (Wildman–Crippen MR) is 78.1 cm³/mol. The molecule has 0 bridgehead atoms. The summed E-state index contributed by atoms with van der Waals surface area (Å²) in [5.41, 5.74) is 7.76. The molecular weight excluding hydrogens is 325 g/mol. The first-order valence-electron chi connectivity index (χ1n) is 6.82. The van der Waals surface area contributed by atoms with Crippen LogP contribution in [0.25, 0.3) is 0 Å². The first-order chi connectivity index (χ1) is 9.65. The summed E-state index contributed by atoms with van der Waals surface area (Å²) in [6, 6.07) is 0.433. The minimum absolute atomic E-state index is 0.103. The maximum atomic E-state index is 12.7. The molecule has 6 heteroatoms. The molecule has 0 radical (unpaired) electrons. The zero-order valence-electron chi connectivity index (χ0n) is 11.1. The number of amides is 1. The van der Waals surface area contributed by atoms with Crippen LogP contribution < -0.4 is 5.73 Å². The van der Waals surface area contributed by atoms with E-state index in [0.29, 0.717) is 24.5 Å². The molecule has 1 amide bonds. The van der Waals surface area contributed by atoms with E-state index in [1.165, 1.54) is 0 Å². The van der Waals surface area contributed by atoms with Gasteiger partial charge in [0.05, 0.1) is 16.5 Å². The van der Waals surface area contributed by atoms with Crippen molar-refractivity contribution in [3.05, 3.63) is 33.8 Å². The van der Waals surface area contributed by atoms with Gasteiger partial charge < -0.3 is 15.2 Å². The fraction of sp³-hybridized carbons (Fsp3) is 0.500. The molecule has 1 fully saturated rings. The summed E-state index contributed by atoms with van der Waals surface area (Å²) in [5.74, 6) is 0.103. The minimum Gasteiger partial charge on any atom is -0.337 e. The number of carbonyl (C=O) groups excluding carboxylic acids is 1. The number of carbonyl (C=O) groups is 1. The fourth-order valence-electron chi connectivity index (χ4n) is 2.70. The molecule has 1 saturated carbocycles. The molecule has 3 rings (SSSR count). The molecule has 1 aromatic heterocycles. The molecule has 0 atom stereocenters. The van der Waals surface area contributed by atoms with E-state index in [1.54, 1.807) is 0 Å². The van der Waals surface area contributed by atoms with Crippen LogP contribution in [0.5, 0.6) is 0 Å². The molecule has 0 aromatic carbocycles. The Morgan fingerprint density at radius 2 is 2.30 bits per heavy atom. The van der Waals surface area contributed by atoms with Crippen LogP contribution in [0.2, 0.25) is 0 Å². The normalized spacial score (nSPS) is 19.4. The number of hydrogen-bond acceptors (Lipinski definition) is 2. The van der Waals surface area contributed by atoms with Crippen LogP contribution in [0.15, 0.2) is 22.7 Å². The van der Waals surface area contributed by atoms with E-state index in [1.807, 2.05) is 15.7 Å². The lowest BCUT2D eigenvalue weighted by molar-refractivity contribution is 0.0727. The second kappa shape index (κ2) is 5.33. The van der Waals surface area contributed by atoms with E-state index in [4.69, 9.17) is 5.73 Å². The topological polar surface area (TPSA) is 51.3 Å². The highest BCUT2D eigenvalue weighted by atomic mass is 79.9. The Morgan fingerprint density at radius 1 is 1.55 bits per heavy atom. The molecule has 1 aliphatic carbocycles. The number of fused-ring (bicyclic) bond motifs is 1. The highest BCUT2D eigenvalue weighted by molar-refractivity contribution is 9.10. The van der Waals surface area contributed by atoms with E-state index in [2.05, 4.69) is 15.9 Å². The van der Waals surface area contributed by atoms with Gasteiger partial charge in [0.1, 0.15) is 0 Å². The van der Waals surface area contributed by atoms with Crippen LogP contribution in [0.4, 0.5) is 4.39 Å². The van der Waals surface area contributed by atoms with Gasteiger partial charge in [0.25, 0.3) is 5.91 Å². The second-order valence-corrected chi connectivity index (χ2v) is 6.14. The fourth-order valence-corrected chi connectivity index (χ4v) is 3.34. The van der Waals surface area contributed by atoms with Crippen LogP contribution >= 0.6 is 15.9 Å². The van der Waals surface area contributed by atoms with Crippen LogP contribution in [0, 0.1) is 0 Å². The third kappa shape index (κ3) is 2.31. The molecule has 4 nitrogen and oxygen atoms in total. The molecule has 0 unspecified atom stereocenters. The first-order valence-corrected chi connectivity index (χ1v) is 7.61. The van der Waals surface area contributed by atoms with E-state index in [9.17, 15) is 9.18 Å². The third-order valence-electron chi connectivity index (χ3n) is 3.98. The quantitative estimate of drug-likeness (QED) is 0.912. The molecule has 108 valence electrons. The summed E-state index contributed by atoms with van der Waals surface area (Å²) in [6.45, 7) is 1.33. The Morgan fingerprint density at radius 3 is 2.90 bits per heavy atom. The summed E-state index contributed by atoms with van der Waals surface area (Å²) in [5, 5.41) is 0. The zero-order valence-corrected chi connectivity index (χ0v) is 12.7. The maximum absolute atomic E-state index is 12.7. The molecule has 0 saturated heterocycles. The lowest BCUT2D eigenvalue weighted by Gasteiger charge is -2.26. The largest absolute Gasteiger partial charge is 0.337 e. The van der Waals surface area contributed by atoms with E-state index >= 15 is 0 Å². The highest BCUT2D eigenvalue weighted by Gasteiger charge is 2.37. The summed E-state index contributed by atoms with van der Waals surface area (Å²) >= 11 is 3.53. The monoisotopic (exact) mass is 341 g/mol. The van der Waals surface area contributed by atoms with E-state index in [0.717, 1.165) is 41.5 Å². The molecular formula is C14H17BrFN3O. The van der Waals surface area contributed by atoms with Crippen molar-refractivity contribution in [1.82, 2.24) is 9.47 Å². The zero-order chi connectivity index (χ0) is 14.3. The van der Waals surface area contributed by atoms with Crippen LogP contribution in [-0.4, -0.2) is 34.5 Å². The SMILES string of the molecule is NCC(=CF)Cn1cc2c(c1Br)CCN(C1CC1)C2=O. The van der Waals surface area contributed by atoms with E-state index < -0.39 is 0 Å². The molecule has 2 heterocycles. The van der Waals surface area contributed by atoms with Gasteiger partial charge in [0.2, 0.25) is 0 Å². The van der Waals surface area contributed by atoms with Gasteiger partial charge in [0, 0.05) is 31.9 Å². The van der Waals surface area contributed by atoms with Crippen molar-refractivity contribution < 1.29 is 9.18 Å². The summed E-state index contributed by atoms with van der Waals surface area (Å²) in [4.78, 5) is 14.4. The lowest BCUT2D eigenvalue weighted by atomic mass is 10.0. The molecule has 2 N–H and O–H groups in total. The van der Waals surface area contributed by atoms with Gasteiger partial charge in [-0.1, -0.05) is 0 Å². The molecule has 1 aromatic rings. The summed E-state index contributed by atoms with van der Waals surface area (Å²) < 4.78 is 15.4. The first kappa shape index (κ1) is 13.8. The predicted octanol–water partition coefficient (Wildman–Crippen LogP) is 2.22. The van der Waals surface area contributed by atoms with Gasteiger partial charge in [-0.3, -0.25) is 4.79 Å². The van der Waals surface area contributed by atoms with Gasteiger partial charge in [-0.05, 0) is 46.3 Å². The molecule has 2 aliphatic rings. The molecule has 20 heavy (non-hydrogen) atoms. The average Bonchev–Trinajstić information content (AvgIpc) is 3.24. The van der Waals surface area contributed by atoms with Crippen LogP contribution in [0.3, 0.4) is 0 Å². The van der Waals surface area contributed by atoms with Gasteiger partial charge in [-0.25, -0.2) is 4.39 Å². The highest BCUT2D eigenvalue weighted by Crippen LogP contribution is 2.35. The lowest BCUT2D eigenvalue weighted by Crippen LogP contribution is -2.38. The standard InChI is InChI=1S/C14H17BrFN3O/c15-13-11-3-4-19(10-1-2-10)14(20)12(11)8-18(13)7-9(5-16)6-17/h5,8,10H,1-4,6-7,17H2. The van der Waals surface area contributed by atoms with E-state index in [-0.39, 0.29) is 12.5 Å². The number of aromatic nitrogens is 1. The second-order valence-electron chi connectivity index (χ2n) is 5.39. The smallest absolute Gasteiger partial charge is 0.255 e. The van der Waals surface area contributed by atoms with Gasteiger partial charge in [-0.15, -0.1) is 0 Å². The maximum Gasteiger partial charge on any atom is 0.255 e. The van der Waals surface area contributed by atoms with Crippen molar-refractivity contribution in [3.63, 3.8) is 0 Å². The van der Waals surface area contributed by atoms with Crippen molar-refractivity contribution >= 4 is 21.8 Å². The van der Waals surface area contributed by atoms with Crippen molar-refractivity contribution in [2.24, 2.45) is 5.73 Å². The Bertz CT molecular complexity index is 577. The summed E-state index contributed by atoms with van der Waals surface area (Å²) in [6.07, 6.45) is 5.44. The molecule has 0 spiro atoms. The van der Waals surface area contributed by atoms with Crippen LogP contribution in [0.1, 0.15) is 28.8 Å². The Kier molecular flexibility index (Phi) is 3.69. The number of nitrogens with two attached hydrogens (primary N) is 1. The Balaban J connectivity index is 1.89. The van der Waals surface area contributed by atoms with Crippen molar-refractivity contribution in [3.8, 4) is 0 Å². The van der Waals surface area contributed by atoms with Gasteiger partial charge in [0.15, 0.2) is 0 Å². The Labute approximate surface area is 125 Å². The molecule has 1 aliphatic heterocycles. The van der Waals surface area contributed by atoms with Gasteiger partial charge >= 0.3 is 0 Å². The number of rotatable bonds is 4. The number of halogens is 2. The average molecular weight is 342 g/mol. The van der Waals surface area contributed by atoms with Crippen molar-refractivity contribution in [2.75, 3.05) is 13.1 Å². The Hall–Kier alpha value is -1.14. The number of hydrogen-bond donors (Lipinski definition) is 1. The van der Waals surface area contributed by atoms with Crippen molar-refractivity contribution in [2.45, 2.75) is 31.8 Å². The number of nitrogens with zero attached hydrogens (tertiary/aromatic N) is 2. The van der Waals surface area contributed by atoms with Crippen molar-refractivity contribution in [1.29, 1.82) is 0 Å². The van der Waals surface area contributed by atoms with Gasteiger partial charge in [-0.2, -0.15) is 0 Å². The third-order valence-corrected chi connectivity index (χ3v) is 4.92. The minimum atomic E-state index is 0.103. The van der Waals surface area contributed by atoms with Crippen LogP contribution in [-0.2, 0) is 13.0 Å². The summed E-state index contributed by atoms with van der Waals surface area (Å²) in [7, 11) is 0.